The van der Waals surface area contributed by atoms with Crippen LogP contribution >= 0.6 is 0 Å². The highest BCUT2D eigenvalue weighted by Crippen LogP contribution is 2.29. The maximum Gasteiger partial charge on any atom is 0.471 e. The molecular formula is C14H8F4N4O2. The molecule has 0 aliphatic heterocycles. The first-order chi connectivity index (χ1) is 11.3. The van der Waals surface area contributed by atoms with Gasteiger partial charge in [0.15, 0.2) is 0 Å². The van der Waals surface area contributed by atoms with E-state index in [1.807, 2.05) is 0 Å². The van der Waals surface area contributed by atoms with Crippen LogP contribution in [0.5, 0.6) is 0 Å². The molecule has 0 atom stereocenters. The fourth-order valence-electron chi connectivity index (χ4n) is 1.93. The molecule has 24 heavy (non-hydrogen) atoms. The molecule has 0 amide bonds. The molecule has 3 heterocycles. The third-order valence-electron chi connectivity index (χ3n) is 3.08. The Labute approximate surface area is 131 Å². The van der Waals surface area contributed by atoms with Crippen molar-refractivity contribution in [2.24, 2.45) is 0 Å². The maximum atomic E-state index is 13.5. The first-order valence-corrected chi connectivity index (χ1v) is 6.56. The molecule has 0 aromatic carbocycles. The molecule has 0 N–H and O–H groups in total. The summed E-state index contributed by atoms with van der Waals surface area (Å²) >= 11 is 0. The van der Waals surface area contributed by atoms with Crippen molar-refractivity contribution in [2.45, 2.75) is 12.7 Å². The monoisotopic (exact) mass is 340 g/mol. The van der Waals surface area contributed by atoms with Crippen molar-refractivity contribution in [3.05, 3.63) is 64.4 Å². The van der Waals surface area contributed by atoms with E-state index < -0.39 is 23.4 Å². The van der Waals surface area contributed by atoms with Gasteiger partial charge in [0.05, 0.1) is 12.2 Å². The molecule has 3 aromatic rings. The lowest BCUT2D eigenvalue weighted by molar-refractivity contribution is -0.159. The zero-order valence-electron chi connectivity index (χ0n) is 11.8. The van der Waals surface area contributed by atoms with Crippen LogP contribution in [-0.2, 0) is 12.7 Å². The van der Waals surface area contributed by atoms with Crippen molar-refractivity contribution in [3.63, 3.8) is 0 Å². The van der Waals surface area contributed by atoms with Gasteiger partial charge in [-0.15, -0.1) is 0 Å². The number of pyridine rings is 2. The SMILES string of the molecule is O=c1cc(-c2noc(C(F)(F)F)n2)ccn1Cc1ncccc1F. The normalized spacial score (nSPS) is 11.7. The van der Waals surface area contributed by atoms with Crippen LogP contribution in [-0.4, -0.2) is 19.7 Å². The Bertz CT molecular complexity index is 933. The molecule has 0 unspecified atom stereocenters. The third-order valence-corrected chi connectivity index (χ3v) is 3.08. The fourth-order valence-corrected chi connectivity index (χ4v) is 1.93. The standard InChI is InChI=1S/C14H8F4N4O2/c15-9-2-1-4-19-10(9)7-22-5-3-8(6-11(22)23)12-20-13(24-21-12)14(16,17)18/h1-6H,7H2. The van der Waals surface area contributed by atoms with E-state index in [0.717, 1.165) is 10.6 Å². The molecule has 0 saturated heterocycles. The van der Waals surface area contributed by atoms with Crippen molar-refractivity contribution < 1.29 is 22.1 Å². The summed E-state index contributed by atoms with van der Waals surface area (Å²) in [5.74, 6) is -2.44. The minimum atomic E-state index is -4.77. The molecule has 0 spiro atoms. The second-order valence-electron chi connectivity index (χ2n) is 4.73. The molecule has 0 aliphatic rings. The van der Waals surface area contributed by atoms with Gasteiger partial charge in [-0.05, 0) is 18.2 Å². The lowest BCUT2D eigenvalue weighted by Gasteiger charge is -2.06. The second-order valence-corrected chi connectivity index (χ2v) is 4.73. The molecule has 0 aliphatic carbocycles. The number of rotatable bonds is 3. The summed E-state index contributed by atoms with van der Waals surface area (Å²) in [6.45, 7) is -0.119. The van der Waals surface area contributed by atoms with Crippen molar-refractivity contribution in [1.82, 2.24) is 19.7 Å². The molecule has 0 bridgehead atoms. The Balaban J connectivity index is 1.89. The smallest absolute Gasteiger partial charge is 0.329 e. The minimum Gasteiger partial charge on any atom is -0.329 e. The topological polar surface area (TPSA) is 73.8 Å². The maximum absolute atomic E-state index is 13.5. The zero-order chi connectivity index (χ0) is 17.3. The quantitative estimate of drug-likeness (QED) is 0.685. The van der Waals surface area contributed by atoms with Crippen LogP contribution in [0.4, 0.5) is 17.6 Å². The first kappa shape index (κ1) is 15.8. The van der Waals surface area contributed by atoms with Crippen LogP contribution in [0.3, 0.4) is 0 Å². The van der Waals surface area contributed by atoms with Crippen molar-refractivity contribution in [3.8, 4) is 11.4 Å². The van der Waals surface area contributed by atoms with E-state index in [1.54, 1.807) is 0 Å². The lowest BCUT2D eigenvalue weighted by atomic mass is 10.2. The van der Waals surface area contributed by atoms with Gasteiger partial charge in [0.1, 0.15) is 5.82 Å². The highest BCUT2D eigenvalue weighted by Gasteiger charge is 2.38. The fraction of sp³-hybridized carbons (Fsp3) is 0.143. The van der Waals surface area contributed by atoms with Crippen LogP contribution in [0.15, 0.2) is 46.0 Å². The molecule has 6 nitrogen and oxygen atoms in total. The number of halogens is 4. The largest absolute Gasteiger partial charge is 0.471 e. The van der Waals surface area contributed by atoms with Crippen molar-refractivity contribution >= 4 is 0 Å². The van der Waals surface area contributed by atoms with E-state index in [2.05, 4.69) is 19.6 Å². The summed E-state index contributed by atoms with van der Waals surface area (Å²) in [6, 6.07) is 4.98. The number of alkyl halides is 3. The first-order valence-electron chi connectivity index (χ1n) is 6.56. The van der Waals surface area contributed by atoms with E-state index in [0.29, 0.717) is 0 Å². The number of hydrogen-bond acceptors (Lipinski definition) is 5. The second kappa shape index (κ2) is 5.87. The van der Waals surface area contributed by atoms with Gasteiger partial charge >= 0.3 is 12.1 Å². The molecule has 124 valence electrons. The average Bonchev–Trinajstić information content (AvgIpc) is 3.01. The number of nitrogens with zero attached hydrogens (tertiary/aromatic N) is 4. The van der Waals surface area contributed by atoms with Gasteiger partial charge in [0.25, 0.3) is 5.56 Å². The van der Waals surface area contributed by atoms with Gasteiger partial charge in [-0.2, -0.15) is 18.2 Å². The Morgan fingerprint density at radius 1 is 1.25 bits per heavy atom. The van der Waals surface area contributed by atoms with Gasteiger partial charge in [0, 0.05) is 24.0 Å². The highest BCUT2D eigenvalue weighted by molar-refractivity contribution is 5.52. The van der Waals surface area contributed by atoms with E-state index in [1.165, 1.54) is 30.6 Å². The molecule has 3 rings (SSSR count). The molecule has 10 heteroatoms. The molecular weight excluding hydrogens is 332 g/mol. The summed E-state index contributed by atoms with van der Waals surface area (Å²) in [4.78, 5) is 19.1. The number of hydrogen-bond donors (Lipinski definition) is 0. The Hall–Kier alpha value is -3.04. The zero-order valence-corrected chi connectivity index (χ0v) is 11.8. The van der Waals surface area contributed by atoms with Crippen LogP contribution in [0.1, 0.15) is 11.6 Å². The minimum absolute atomic E-state index is 0.0528. The summed E-state index contributed by atoms with van der Waals surface area (Å²) in [5, 5.41) is 3.20. The summed E-state index contributed by atoms with van der Waals surface area (Å²) in [6.07, 6.45) is -2.10. The van der Waals surface area contributed by atoms with E-state index in [9.17, 15) is 22.4 Å². The van der Waals surface area contributed by atoms with E-state index >= 15 is 0 Å². The Kier molecular flexibility index (Phi) is 3.87. The molecule has 0 fully saturated rings. The van der Waals surface area contributed by atoms with Gasteiger partial charge in [0.2, 0.25) is 5.82 Å². The number of aromatic nitrogens is 4. The summed E-state index contributed by atoms with van der Waals surface area (Å²) in [7, 11) is 0. The van der Waals surface area contributed by atoms with Crippen LogP contribution in [0, 0.1) is 5.82 Å². The Morgan fingerprint density at radius 2 is 2.04 bits per heavy atom. The predicted molar refractivity (Wildman–Crippen MR) is 72.3 cm³/mol. The van der Waals surface area contributed by atoms with E-state index in [-0.39, 0.29) is 23.6 Å². The van der Waals surface area contributed by atoms with Gasteiger partial charge < -0.3 is 9.09 Å². The molecule has 0 radical (unpaired) electrons. The molecule has 3 aromatic heterocycles. The predicted octanol–water partition coefficient (Wildman–Crippen LogP) is 2.50. The summed E-state index contributed by atoms with van der Waals surface area (Å²) in [5.41, 5.74) is -0.459. The van der Waals surface area contributed by atoms with Gasteiger partial charge in [-0.3, -0.25) is 9.78 Å². The van der Waals surface area contributed by atoms with Crippen molar-refractivity contribution in [1.29, 1.82) is 0 Å². The van der Waals surface area contributed by atoms with Gasteiger partial charge in [-0.25, -0.2) is 4.39 Å². The summed E-state index contributed by atoms with van der Waals surface area (Å²) < 4.78 is 56.1. The average molecular weight is 340 g/mol. The van der Waals surface area contributed by atoms with E-state index in [4.69, 9.17) is 0 Å². The van der Waals surface area contributed by atoms with Crippen molar-refractivity contribution in [2.75, 3.05) is 0 Å². The Morgan fingerprint density at radius 3 is 2.67 bits per heavy atom. The third kappa shape index (κ3) is 3.16. The van der Waals surface area contributed by atoms with Crippen LogP contribution < -0.4 is 5.56 Å². The van der Waals surface area contributed by atoms with Crippen LogP contribution in [0.2, 0.25) is 0 Å². The van der Waals surface area contributed by atoms with Gasteiger partial charge in [-0.1, -0.05) is 5.16 Å². The lowest BCUT2D eigenvalue weighted by Crippen LogP contribution is -2.20. The van der Waals surface area contributed by atoms with Crippen LogP contribution in [0.25, 0.3) is 11.4 Å². The highest BCUT2D eigenvalue weighted by atomic mass is 19.4. The molecule has 0 saturated carbocycles.